The van der Waals surface area contributed by atoms with Crippen molar-refractivity contribution in [3.8, 4) is 11.5 Å². The molecule has 2 aliphatic rings. The summed E-state index contributed by atoms with van der Waals surface area (Å²) in [6.45, 7) is 5.63. The number of ether oxygens (including phenoxy) is 2. The standard InChI is InChI=1S/C30H37N7O3/c1-3-40-23-13-14-25-21(19-23)20-24(30(38)31-25)28(29-32-33-34-37(29)22-9-5-4-6-10-22)36-17-15-35(16-18-36)26-11-7-8-12-27(26)39-2/h7-8,11-14,19-20,22,28H,3-6,9-10,15-18H2,1-2H3,(H,31,38)/t28-/m1/s1. The van der Waals surface area contributed by atoms with Crippen LogP contribution in [0.5, 0.6) is 11.5 Å². The van der Waals surface area contributed by atoms with Crippen molar-refractivity contribution in [2.24, 2.45) is 0 Å². The fourth-order valence-corrected chi connectivity index (χ4v) is 6.24. The second-order valence-corrected chi connectivity index (χ2v) is 10.6. The molecule has 3 heterocycles. The molecular formula is C30H37N7O3. The Balaban J connectivity index is 1.39. The molecule has 4 aromatic rings. The van der Waals surface area contributed by atoms with Crippen molar-refractivity contribution in [1.29, 1.82) is 0 Å². The number of piperazine rings is 1. The number of hydrogen-bond donors (Lipinski definition) is 1. The molecule has 0 unspecified atom stereocenters. The van der Waals surface area contributed by atoms with Gasteiger partial charge in [-0.1, -0.05) is 31.4 Å². The number of hydrogen-bond acceptors (Lipinski definition) is 8. The van der Waals surface area contributed by atoms with E-state index in [2.05, 4.69) is 36.4 Å². The van der Waals surface area contributed by atoms with Crippen LogP contribution in [-0.2, 0) is 0 Å². The van der Waals surface area contributed by atoms with Crippen LogP contribution in [0.3, 0.4) is 0 Å². The summed E-state index contributed by atoms with van der Waals surface area (Å²) in [4.78, 5) is 21.5. The number of benzene rings is 2. The maximum atomic E-state index is 13.7. The normalized spacial score (nSPS) is 17.7. The van der Waals surface area contributed by atoms with Crippen LogP contribution < -0.4 is 19.9 Å². The van der Waals surface area contributed by atoms with Crippen LogP contribution in [0.1, 0.15) is 62.5 Å². The molecule has 2 aromatic heterocycles. The van der Waals surface area contributed by atoms with Crippen molar-refractivity contribution in [3.05, 3.63) is 70.3 Å². The highest BCUT2D eigenvalue weighted by molar-refractivity contribution is 5.80. The number of aromatic nitrogens is 5. The first-order valence-corrected chi connectivity index (χ1v) is 14.4. The number of aromatic amines is 1. The number of anilines is 1. The average molecular weight is 544 g/mol. The van der Waals surface area contributed by atoms with Gasteiger partial charge in [0.25, 0.3) is 5.56 Å². The molecule has 0 bridgehead atoms. The number of methoxy groups -OCH3 is 1. The van der Waals surface area contributed by atoms with Crippen LogP contribution in [0.2, 0.25) is 0 Å². The zero-order valence-electron chi connectivity index (χ0n) is 23.3. The molecule has 40 heavy (non-hydrogen) atoms. The van der Waals surface area contributed by atoms with Gasteiger partial charge in [-0.05, 0) is 66.6 Å². The Labute approximate surface area is 233 Å². The number of nitrogens with one attached hydrogen (secondary N) is 1. The zero-order chi connectivity index (χ0) is 27.5. The number of pyridine rings is 1. The molecule has 10 nitrogen and oxygen atoms in total. The van der Waals surface area contributed by atoms with Gasteiger partial charge in [0.05, 0.1) is 25.4 Å². The third kappa shape index (κ3) is 5.15. The summed E-state index contributed by atoms with van der Waals surface area (Å²) in [5, 5.41) is 14.1. The van der Waals surface area contributed by atoms with Gasteiger partial charge >= 0.3 is 0 Å². The molecule has 1 aliphatic heterocycles. The molecule has 1 saturated heterocycles. The van der Waals surface area contributed by atoms with Gasteiger partial charge in [0.2, 0.25) is 0 Å². The first-order valence-electron chi connectivity index (χ1n) is 14.4. The van der Waals surface area contributed by atoms with Crippen molar-refractivity contribution >= 4 is 16.6 Å². The van der Waals surface area contributed by atoms with E-state index in [0.29, 0.717) is 12.2 Å². The van der Waals surface area contributed by atoms with Gasteiger partial charge in [0.15, 0.2) is 5.82 Å². The third-order valence-electron chi connectivity index (χ3n) is 8.24. The summed E-state index contributed by atoms with van der Waals surface area (Å²) in [6.07, 6.45) is 5.69. The van der Waals surface area contributed by atoms with E-state index >= 15 is 0 Å². The van der Waals surface area contributed by atoms with Gasteiger partial charge in [-0.25, -0.2) is 4.68 Å². The van der Waals surface area contributed by atoms with Gasteiger partial charge in [0, 0.05) is 42.6 Å². The first kappa shape index (κ1) is 26.3. The number of fused-ring (bicyclic) bond motifs is 1. The molecule has 2 aromatic carbocycles. The summed E-state index contributed by atoms with van der Waals surface area (Å²) in [7, 11) is 1.71. The fourth-order valence-electron chi connectivity index (χ4n) is 6.24. The molecule has 0 spiro atoms. The lowest BCUT2D eigenvalue weighted by Gasteiger charge is -2.40. The molecule has 0 amide bonds. The number of para-hydroxylation sites is 2. The van der Waals surface area contributed by atoms with Crippen molar-refractivity contribution in [1.82, 2.24) is 30.1 Å². The minimum absolute atomic E-state index is 0.119. The highest BCUT2D eigenvalue weighted by Gasteiger charge is 2.34. The Morgan fingerprint density at radius 3 is 2.60 bits per heavy atom. The van der Waals surface area contributed by atoms with E-state index in [4.69, 9.17) is 9.47 Å². The average Bonchev–Trinajstić information content (AvgIpc) is 3.48. The van der Waals surface area contributed by atoms with Crippen LogP contribution in [0.25, 0.3) is 10.9 Å². The molecule has 210 valence electrons. The van der Waals surface area contributed by atoms with Crippen molar-refractivity contribution in [2.45, 2.75) is 51.1 Å². The zero-order valence-corrected chi connectivity index (χ0v) is 23.3. The van der Waals surface area contributed by atoms with E-state index in [1.54, 1.807) is 7.11 Å². The quantitative estimate of drug-likeness (QED) is 0.350. The Kier molecular flexibility index (Phi) is 7.68. The highest BCUT2D eigenvalue weighted by atomic mass is 16.5. The Morgan fingerprint density at radius 1 is 1.02 bits per heavy atom. The summed E-state index contributed by atoms with van der Waals surface area (Å²) in [5.74, 6) is 2.38. The minimum atomic E-state index is -0.374. The lowest BCUT2D eigenvalue weighted by Crippen LogP contribution is -2.49. The van der Waals surface area contributed by atoms with E-state index in [-0.39, 0.29) is 17.6 Å². The molecular weight excluding hydrogens is 506 g/mol. The van der Waals surface area contributed by atoms with E-state index in [0.717, 1.165) is 72.9 Å². The van der Waals surface area contributed by atoms with E-state index in [1.165, 1.54) is 19.3 Å². The molecule has 2 fully saturated rings. The SMILES string of the molecule is CCOc1ccc2[nH]c(=O)c([C@H](c3nnnn3C3CCCCC3)N3CCN(c4ccccc4OC)CC3)cc2c1. The Morgan fingerprint density at radius 2 is 1.82 bits per heavy atom. The lowest BCUT2D eigenvalue weighted by atomic mass is 9.95. The number of rotatable bonds is 8. The van der Waals surface area contributed by atoms with E-state index in [9.17, 15) is 4.79 Å². The van der Waals surface area contributed by atoms with Crippen molar-refractivity contribution < 1.29 is 9.47 Å². The van der Waals surface area contributed by atoms with Crippen LogP contribution in [0.15, 0.2) is 53.3 Å². The Bertz CT molecular complexity index is 1500. The molecule has 1 atom stereocenters. The van der Waals surface area contributed by atoms with Gasteiger partial charge in [-0.2, -0.15) is 0 Å². The molecule has 1 aliphatic carbocycles. The van der Waals surface area contributed by atoms with Gasteiger partial charge < -0.3 is 19.4 Å². The largest absolute Gasteiger partial charge is 0.495 e. The molecule has 1 saturated carbocycles. The summed E-state index contributed by atoms with van der Waals surface area (Å²) in [5.41, 5.74) is 2.40. The minimum Gasteiger partial charge on any atom is -0.495 e. The predicted octanol–water partition coefficient (Wildman–Crippen LogP) is 4.34. The van der Waals surface area contributed by atoms with Gasteiger partial charge in [-0.3, -0.25) is 9.69 Å². The number of tetrazole rings is 1. The molecule has 0 radical (unpaired) electrons. The highest BCUT2D eigenvalue weighted by Crippen LogP contribution is 2.35. The van der Waals surface area contributed by atoms with Crippen LogP contribution in [-0.4, -0.2) is 70.0 Å². The van der Waals surface area contributed by atoms with E-state index in [1.807, 2.05) is 54.1 Å². The molecule has 1 N–H and O–H groups in total. The predicted molar refractivity (Wildman–Crippen MR) is 154 cm³/mol. The Hall–Kier alpha value is -3.92. The van der Waals surface area contributed by atoms with Crippen LogP contribution >= 0.6 is 0 Å². The monoisotopic (exact) mass is 543 g/mol. The number of H-pyrrole nitrogens is 1. The molecule has 6 rings (SSSR count). The molecule has 10 heteroatoms. The van der Waals surface area contributed by atoms with Gasteiger partial charge in [0.1, 0.15) is 17.5 Å². The second-order valence-electron chi connectivity index (χ2n) is 10.6. The summed E-state index contributed by atoms with van der Waals surface area (Å²) < 4.78 is 13.4. The second kappa shape index (κ2) is 11.7. The summed E-state index contributed by atoms with van der Waals surface area (Å²) in [6, 6.07) is 15.8. The smallest absolute Gasteiger partial charge is 0.253 e. The van der Waals surface area contributed by atoms with Crippen molar-refractivity contribution in [3.63, 3.8) is 0 Å². The topological polar surface area (TPSA) is 101 Å². The maximum Gasteiger partial charge on any atom is 0.253 e. The first-order chi connectivity index (χ1) is 19.7. The van der Waals surface area contributed by atoms with Crippen LogP contribution in [0.4, 0.5) is 5.69 Å². The fraction of sp³-hybridized carbons (Fsp3) is 0.467. The van der Waals surface area contributed by atoms with Crippen molar-refractivity contribution in [2.75, 3.05) is 44.8 Å². The maximum absolute atomic E-state index is 13.7. The van der Waals surface area contributed by atoms with Gasteiger partial charge in [-0.15, -0.1) is 5.10 Å². The lowest BCUT2D eigenvalue weighted by molar-refractivity contribution is 0.192. The number of nitrogens with zero attached hydrogens (tertiary/aromatic N) is 6. The van der Waals surface area contributed by atoms with E-state index < -0.39 is 0 Å². The third-order valence-corrected chi connectivity index (χ3v) is 8.24. The van der Waals surface area contributed by atoms with Crippen LogP contribution in [0, 0.1) is 0 Å². The summed E-state index contributed by atoms with van der Waals surface area (Å²) >= 11 is 0.